The molecule has 2 heterocycles. The number of hydrogen-bond donors (Lipinski definition) is 1. The molecule has 2 aromatic rings. The van der Waals surface area contributed by atoms with E-state index in [9.17, 15) is 4.79 Å². The van der Waals surface area contributed by atoms with E-state index in [1.165, 1.54) is 5.56 Å². The van der Waals surface area contributed by atoms with E-state index < -0.39 is 5.60 Å². The Balaban J connectivity index is 1.65. The number of fused-ring (bicyclic) bond motifs is 1. The van der Waals surface area contributed by atoms with Crippen molar-refractivity contribution in [3.05, 3.63) is 41.2 Å². The lowest BCUT2D eigenvalue weighted by atomic mass is 9.99. The Morgan fingerprint density at radius 3 is 2.80 bits per heavy atom. The van der Waals surface area contributed by atoms with Crippen LogP contribution in [0.2, 0.25) is 0 Å². The number of amides is 1. The van der Waals surface area contributed by atoms with Crippen molar-refractivity contribution in [2.24, 2.45) is 7.05 Å². The number of aromatic nitrogens is 3. The minimum Gasteiger partial charge on any atom is -0.444 e. The molecule has 3 rings (SSSR count). The smallest absolute Gasteiger partial charge is 0.410 e. The normalized spacial score (nSPS) is 14.2. The molecular weight excluding hydrogens is 318 g/mol. The van der Waals surface area contributed by atoms with Crippen LogP contribution in [0.4, 0.5) is 10.5 Å². The summed E-state index contributed by atoms with van der Waals surface area (Å²) in [5, 5.41) is 11.4. The van der Waals surface area contributed by atoms with Gasteiger partial charge in [-0.25, -0.2) is 4.79 Å². The standard InChI is InChI=1S/C18H25N5O2/c1-18(2,3)25-17(24)23-8-7-13-5-6-15(9-14(13)11-23)19-10-16-12-22(4)21-20-16/h5-6,9,12,19H,7-8,10-11H2,1-4H3. The molecule has 0 saturated carbocycles. The lowest BCUT2D eigenvalue weighted by Gasteiger charge is -2.31. The van der Waals surface area contributed by atoms with Gasteiger partial charge < -0.3 is 15.0 Å². The van der Waals surface area contributed by atoms with Crippen molar-refractivity contribution in [3.63, 3.8) is 0 Å². The molecule has 134 valence electrons. The largest absolute Gasteiger partial charge is 0.444 e. The molecule has 7 heteroatoms. The third-order valence-electron chi connectivity index (χ3n) is 3.99. The van der Waals surface area contributed by atoms with Gasteiger partial charge in [-0.05, 0) is 50.5 Å². The van der Waals surface area contributed by atoms with Crippen molar-refractivity contribution in [1.29, 1.82) is 0 Å². The number of ether oxygens (including phenoxy) is 1. The summed E-state index contributed by atoms with van der Waals surface area (Å²) >= 11 is 0. The third kappa shape index (κ3) is 4.49. The highest BCUT2D eigenvalue weighted by Crippen LogP contribution is 2.24. The molecule has 0 spiro atoms. The van der Waals surface area contributed by atoms with Gasteiger partial charge in [-0.15, -0.1) is 5.10 Å². The molecule has 0 aliphatic carbocycles. The quantitative estimate of drug-likeness (QED) is 0.928. The summed E-state index contributed by atoms with van der Waals surface area (Å²) < 4.78 is 7.17. The first-order valence-corrected chi connectivity index (χ1v) is 8.49. The Morgan fingerprint density at radius 2 is 2.12 bits per heavy atom. The second-order valence-electron chi connectivity index (χ2n) is 7.37. The van der Waals surface area contributed by atoms with Gasteiger partial charge in [0.25, 0.3) is 0 Å². The summed E-state index contributed by atoms with van der Waals surface area (Å²) in [5.41, 5.74) is 3.86. The van der Waals surface area contributed by atoms with Gasteiger partial charge >= 0.3 is 6.09 Å². The van der Waals surface area contributed by atoms with E-state index in [1.807, 2.05) is 34.0 Å². The van der Waals surface area contributed by atoms with E-state index in [1.54, 1.807) is 9.58 Å². The van der Waals surface area contributed by atoms with Gasteiger partial charge in [0.2, 0.25) is 0 Å². The average Bonchev–Trinajstić information content (AvgIpc) is 2.96. The van der Waals surface area contributed by atoms with Gasteiger partial charge in [0.15, 0.2) is 0 Å². The Labute approximate surface area is 148 Å². The van der Waals surface area contributed by atoms with Gasteiger partial charge in [-0.1, -0.05) is 11.3 Å². The monoisotopic (exact) mass is 343 g/mol. The summed E-state index contributed by atoms with van der Waals surface area (Å²) in [5.74, 6) is 0. The van der Waals surface area contributed by atoms with Crippen LogP contribution in [0.5, 0.6) is 0 Å². The number of anilines is 1. The highest BCUT2D eigenvalue weighted by atomic mass is 16.6. The maximum absolute atomic E-state index is 12.3. The fourth-order valence-electron chi connectivity index (χ4n) is 2.82. The molecule has 0 saturated heterocycles. The summed E-state index contributed by atoms with van der Waals surface area (Å²) in [6, 6.07) is 6.29. The zero-order valence-electron chi connectivity index (χ0n) is 15.2. The van der Waals surface area contributed by atoms with Crippen LogP contribution in [0, 0.1) is 0 Å². The van der Waals surface area contributed by atoms with Crippen molar-refractivity contribution in [3.8, 4) is 0 Å². The predicted octanol–water partition coefficient (Wildman–Crippen LogP) is 2.72. The first-order chi connectivity index (χ1) is 11.8. The highest BCUT2D eigenvalue weighted by Gasteiger charge is 2.25. The van der Waals surface area contributed by atoms with Crippen LogP contribution in [-0.2, 0) is 31.3 Å². The lowest BCUT2D eigenvalue weighted by molar-refractivity contribution is 0.0224. The Morgan fingerprint density at radius 1 is 1.32 bits per heavy atom. The lowest BCUT2D eigenvalue weighted by Crippen LogP contribution is -2.39. The average molecular weight is 343 g/mol. The number of benzene rings is 1. The van der Waals surface area contributed by atoms with Crippen LogP contribution in [0.15, 0.2) is 24.4 Å². The van der Waals surface area contributed by atoms with Crippen molar-refractivity contribution >= 4 is 11.8 Å². The number of carbonyl (C=O) groups excluding carboxylic acids is 1. The number of aryl methyl sites for hydroxylation is 1. The van der Waals surface area contributed by atoms with Crippen molar-refractivity contribution in [1.82, 2.24) is 19.9 Å². The number of carbonyl (C=O) groups is 1. The van der Waals surface area contributed by atoms with Gasteiger partial charge in [-0.3, -0.25) is 4.68 Å². The van der Waals surface area contributed by atoms with E-state index in [4.69, 9.17) is 4.74 Å². The molecule has 1 aliphatic rings. The van der Waals surface area contributed by atoms with Gasteiger partial charge in [0.1, 0.15) is 11.3 Å². The van der Waals surface area contributed by atoms with Crippen LogP contribution < -0.4 is 5.32 Å². The fourth-order valence-corrected chi connectivity index (χ4v) is 2.82. The minimum atomic E-state index is -0.475. The Kier molecular flexibility index (Phi) is 4.65. The van der Waals surface area contributed by atoms with Crippen LogP contribution in [-0.4, -0.2) is 38.1 Å². The minimum absolute atomic E-state index is 0.254. The van der Waals surface area contributed by atoms with E-state index in [0.29, 0.717) is 19.6 Å². The van der Waals surface area contributed by atoms with Gasteiger partial charge in [0, 0.05) is 32.0 Å². The van der Waals surface area contributed by atoms with Crippen LogP contribution in [0.25, 0.3) is 0 Å². The van der Waals surface area contributed by atoms with E-state index in [0.717, 1.165) is 23.4 Å². The van der Waals surface area contributed by atoms with Crippen LogP contribution >= 0.6 is 0 Å². The predicted molar refractivity (Wildman–Crippen MR) is 95.1 cm³/mol. The molecule has 1 amide bonds. The SMILES string of the molecule is Cn1cc(CNc2ccc3c(c2)CN(C(=O)OC(C)(C)C)CC3)nn1. The van der Waals surface area contributed by atoms with Crippen molar-refractivity contribution in [2.75, 3.05) is 11.9 Å². The summed E-state index contributed by atoms with van der Waals surface area (Å²) in [6.45, 7) is 7.54. The van der Waals surface area contributed by atoms with E-state index in [2.05, 4.69) is 33.8 Å². The molecule has 1 N–H and O–H groups in total. The van der Waals surface area contributed by atoms with Crippen LogP contribution in [0.3, 0.4) is 0 Å². The number of hydrogen-bond acceptors (Lipinski definition) is 5. The van der Waals surface area contributed by atoms with E-state index >= 15 is 0 Å². The topological polar surface area (TPSA) is 72.3 Å². The molecule has 0 bridgehead atoms. The second-order valence-corrected chi connectivity index (χ2v) is 7.37. The molecule has 0 unspecified atom stereocenters. The van der Waals surface area contributed by atoms with E-state index in [-0.39, 0.29) is 6.09 Å². The third-order valence-corrected chi connectivity index (χ3v) is 3.99. The summed E-state index contributed by atoms with van der Waals surface area (Å²) in [4.78, 5) is 14.1. The molecule has 25 heavy (non-hydrogen) atoms. The zero-order chi connectivity index (χ0) is 18.0. The second kappa shape index (κ2) is 6.74. The Bertz CT molecular complexity index is 763. The maximum Gasteiger partial charge on any atom is 0.410 e. The maximum atomic E-state index is 12.3. The van der Waals surface area contributed by atoms with Gasteiger partial charge in [0.05, 0.1) is 6.54 Å². The zero-order valence-corrected chi connectivity index (χ0v) is 15.2. The first-order valence-electron chi connectivity index (χ1n) is 8.49. The Hall–Kier alpha value is -2.57. The molecule has 1 aromatic heterocycles. The van der Waals surface area contributed by atoms with Gasteiger partial charge in [-0.2, -0.15) is 0 Å². The molecule has 0 atom stereocenters. The van der Waals surface area contributed by atoms with Crippen LogP contribution in [0.1, 0.15) is 37.6 Å². The number of nitrogens with one attached hydrogen (secondary N) is 1. The number of nitrogens with zero attached hydrogens (tertiary/aromatic N) is 4. The van der Waals surface area contributed by atoms with Crippen molar-refractivity contribution in [2.45, 2.75) is 45.9 Å². The summed E-state index contributed by atoms with van der Waals surface area (Å²) in [6.07, 6.45) is 2.48. The fraction of sp³-hybridized carbons (Fsp3) is 0.500. The molecule has 1 aliphatic heterocycles. The molecule has 7 nitrogen and oxygen atoms in total. The number of rotatable bonds is 3. The molecule has 0 fully saturated rings. The first kappa shape index (κ1) is 17.3. The molecule has 1 aromatic carbocycles. The highest BCUT2D eigenvalue weighted by molar-refractivity contribution is 5.69. The summed E-state index contributed by atoms with van der Waals surface area (Å²) in [7, 11) is 1.85. The molecular formula is C18H25N5O2. The molecule has 0 radical (unpaired) electrons. The van der Waals surface area contributed by atoms with Crippen molar-refractivity contribution < 1.29 is 9.53 Å².